The van der Waals surface area contributed by atoms with Crippen molar-refractivity contribution in [2.24, 2.45) is 62.4 Å². The van der Waals surface area contributed by atoms with Gasteiger partial charge in [0.05, 0.1) is 43.6 Å². The Morgan fingerprint density at radius 2 is 1.91 bits per heavy atom. The molecule has 11 atom stereocenters. The van der Waals surface area contributed by atoms with E-state index in [0.29, 0.717) is 50.0 Å². The molecule has 3 saturated carbocycles. The number of hydrogen-bond donors (Lipinski definition) is 2. The lowest BCUT2D eigenvalue weighted by atomic mass is 9.34. The van der Waals surface area contributed by atoms with Gasteiger partial charge in [0, 0.05) is 29.9 Å². The summed E-state index contributed by atoms with van der Waals surface area (Å²) < 4.78 is 19.6. The SMILES string of the molecule is CO[C@@H]1C[C@@]23COC[C@](C)(C2CC[C@H]2C3=CC[C@@]3(C)[C@H](C(=O)O)[C@@](C)([C@H](C)C(C)C)CC[C@]23C)[C@H]1OCc1csc(CN)n1. The normalized spacial score (nSPS) is 45.6. The summed E-state index contributed by atoms with van der Waals surface area (Å²) in [4.78, 5) is 18.0. The van der Waals surface area contributed by atoms with E-state index in [1.807, 2.05) is 12.5 Å². The Bertz CT molecular complexity index is 1300. The molecule has 1 aliphatic heterocycles. The van der Waals surface area contributed by atoms with E-state index in [9.17, 15) is 9.90 Å². The number of allylic oxidation sites excluding steroid dienone is 1. The first-order chi connectivity index (χ1) is 20.7. The highest BCUT2D eigenvalue weighted by atomic mass is 32.1. The van der Waals surface area contributed by atoms with E-state index in [-0.39, 0.29) is 45.2 Å². The fourth-order valence-electron chi connectivity index (χ4n) is 11.8. The molecule has 246 valence electrons. The topological polar surface area (TPSA) is 104 Å². The lowest BCUT2D eigenvalue weighted by Gasteiger charge is -2.71. The summed E-state index contributed by atoms with van der Waals surface area (Å²) in [6, 6.07) is 0. The van der Waals surface area contributed by atoms with E-state index < -0.39 is 5.97 Å². The molecule has 8 heteroatoms. The largest absolute Gasteiger partial charge is 0.481 e. The van der Waals surface area contributed by atoms with Crippen LogP contribution in [0, 0.1) is 56.7 Å². The molecule has 0 amide bonds. The van der Waals surface area contributed by atoms with Gasteiger partial charge >= 0.3 is 5.97 Å². The van der Waals surface area contributed by atoms with Gasteiger partial charge in [-0.1, -0.05) is 60.1 Å². The third-order valence-corrected chi connectivity index (χ3v) is 15.5. The molecule has 5 aliphatic rings. The molecular formula is C36H56N2O5S. The van der Waals surface area contributed by atoms with Gasteiger partial charge in [-0.3, -0.25) is 4.79 Å². The molecule has 1 aromatic rings. The number of fused-ring (bicyclic) bond motifs is 3. The third-order valence-electron chi connectivity index (χ3n) is 14.6. The Morgan fingerprint density at radius 3 is 2.55 bits per heavy atom. The zero-order chi connectivity index (χ0) is 31.9. The van der Waals surface area contributed by atoms with Crippen LogP contribution in [0.3, 0.4) is 0 Å². The lowest BCUT2D eigenvalue weighted by molar-refractivity contribution is -0.269. The van der Waals surface area contributed by atoms with E-state index in [1.54, 1.807) is 11.3 Å². The highest BCUT2D eigenvalue weighted by Crippen LogP contribution is 2.75. The number of hydrogen-bond acceptors (Lipinski definition) is 7. The van der Waals surface area contributed by atoms with Crippen molar-refractivity contribution in [1.29, 1.82) is 0 Å². The average molecular weight is 629 g/mol. The molecule has 1 aromatic heterocycles. The van der Waals surface area contributed by atoms with Crippen molar-refractivity contribution in [2.45, 2.75) is 112 Å². The third kappa shape index (κ3) is 4.40. The number of carboxylic acids is 1. The fourth-order valence-corrected chi connectivity index (χ4v) is 12.4. The van der Waals surface area contributed by atoms with Crippen molar-refractivity contribution in [3.8, 4) is 0 Å². The van der Waals surface area contributed by atoms with Gasteiger partial charge < -0.3 is 25.1 Å². The molecule has 2 bridgehead atoms. The van der Waals surface area contributed by atoms with Crippen LogP contribution in [0.25, 0.3) is 0 Å². The van der Waals surface area contributed by atoms with Crippen molar-refractivity contribution < 1.29 is 24.1 Å². The van der Waals surface area contributed by atoms with E-state index in [1.165, 1.54) is 5.57 Å². The molecule has 4 fully saturated rings. The van der Waals surface area contributed by atoms with Crippen LogP contribution in [0.1, 0.15) is 97.7 Å². The number of ether oxygens (including phenoxy) is 3. The minimum Gasteiger partial charge on any atom is -0.481 e. The van der Waals surface area contributed by atoms with Crippen molar-refractivity contribution in [1.82, 2.24) is 4.98 Å². The van der Waals surface area contributed by atoms with Gasteiger partial charge in [-0.25, -0.2) is 4.98 Å². The Labute approximate surface area is 268 Å². The number of rotatable bonds is 8. The molecule has 4 aliphatic carbocycles. The van der Waals surface area contributed by atoms with Gasteiger partial charge in [-0.15, -0.1) is 11.3 Å². The molecule has 44 heavy (non-hydrogen) atoms. The Hall–Kier alpha value is -1.32. The van der Waals surface area contributed by atoms with Crippen molar-refractivity contribution >= 4 is 17.3 Å². The zero-order valence-corrected chi connectivity index (χ0v) is 29.1. The monoisotopic (exact) mass is 628 g/mol. The number of carboxylic acid groups (broad SMARTS) is 1. The summed E-state index contributed by atoms with van der Waals surface area (Å²) in [5, 5.41) is 13.9. The maximum Gasteiger partial charge on any atom is 0.307 e. The average Bonchev–Trinajstić information content (AvgIpc) is 3.44. The second kappa shape index (κ2) is 11.1. The Morgan fingerprint density at radius 1 is 1.16 bits per heavy atom. The minimum absolute atomic E-state index is 0.0539. The molecule has 0 radical (unpaired) electrons. The van der Waals surface area contributed by atoms with Gasteiger partial charge in [0.15, 0.2) is 0 Å². The summed E-state index contributed by atoms with van der Waals surface area (Å²) in [5.41, 5.74) is 7.33. The first kappa shape index (κ1) is 32.6. The molecule has 1 saturated heterocycles. The van der Waals surface area contributed by atoms with Crippen molar-refractivity contribution in [3.05, 3.63) is 27.7 Å². The molecule has 0 spiro atoms. The van der Waals surface area contributed by atoms with E-state index in [0.717, 1.165) is 49.2 Å². The van der Waals surface area contributed by atoms with Crippen LogP contribution in [-0.2, 0) is 32.2 Å². The summed E-state index contributed by atoms with van der Waals surface area (Å²) in [5.74, 6) is 0.563. The molecule has 1 unspecified atom stereocenters. The molecule has 0 aromatic carbocycles. The van der Waals surface area contributed by atoms with Crippen LogP contribution in [0.4, 0.5) is 0 Å². The minimum atomic E-state index is -0.610. The number of methoxy groups -OCH3 is 1. The summed E-state index contributed by atoms with van der Waals surface area (Å²) >= 11 is 1.59. The number of carbonyl (C=O) groups is 1. The first-order valence-electron chi connectivity index (χ1n) is 17.0. The van der Waals surface area contributed by atoms with Crippen molar-refractivity contribution in [3.63, 3.8) is 0 Å². The predicted molar refractivity (Wildman–Crippen MR) is 173 cm³/mol. The van der Waals surface area contributed by atoms with Gasteiger partial charge in [-0.2, -0.15) is 0 Å². The number of aliphatic carboxylic acids is 1. The van der Waals surface area contributed by atoms with Crippen LogP contribution in [0.5, 0.6) is 0 Å². The highest BCUT2D eigenvalue weighted by molar-refractivity contribution is 7.09. The Kier molecular flexibility index (Phi) is 8.26. The number of aromatic nitrogens is 1. The second-order valence-corrected chi connectivity index (χ2v) is 17.4. The van der Waals surface area contributed by atoms with E-state index in [2.05, 4.69) is 59.5 Å². The Balaban J connectivity index is 1.36. The standard InChI is InChI=1S/C36H56N2O5S/c1-21(2)22(3)32(4)13-14-34(6)24-9-10-27-33(5)19-42-20-36(27,25(24)11-12-35(34,7)29(32)31(39)40)15-26(41-8)30(33)43-17-23-18-44-28(16-37)38-23/h11,18,21-22,24,26-27,29-30H,9-10,12-17,19-20,37H2,1-8H3,(H,39,40)/t22-,24+,26-,27?,29-,30+,32-,33-,34-,35+,36+/m1/s1. The maximum absolute atomic E-state index is 13.3. The van der Waals surface area contributed by atoms with Gasteiger partial charge in [-0.05, 0) is 78.4 Å². The van der Waals surface area contributed by atoms with Crippen LogP contribution in [0.2, 0.25) is 0 Å². The van der Waals surface area contributed by atoms with Crippen LogP contribution in [-0.4, -0.2) is 48.6 Å². The molecule has 3 N–H and O–H groups in total. The van der Waals surface area contributed by atoms with Gasteiger partial charge in [0.25, 0.3) is 0 Å². The first-order valence-corrected chi connectivity index (χ1v) is 17.9. The summed E-state index contributed by atoms with van der Waals surface area (Å²) in [6.07, 6.45) is 8.27. The lowest BCUT2D eigenvalue weighted by Crippen LogP contribution is -2.70. The quantitative estimate of drug-likeness (QED) is 0.296. The van der Waals surface area contributed by atoms with Crippen LogP contribution >= 0.6 is 11.3 Å². The summed E-state index contributed by atoms with van der Waals surface area (Å²) in [6.45, 7) is 18.5. The molecule has 7 nitrogen and oxygen atoms in total. The van der Waals surface area contributed by atoms with Gasteiger partial charge in [0.2, 0.25) is 0 Å². The zero-order valence-electron chi connectivity index (χ0n) is 28.3. The number of nitrogens with zero attached hydrogens (tertiary/aromatic N) is 1. The molecular weight excluding hydrogens is 572 g/mol. The van der Waals surface area contributed by atoms with Crippen LogP contribution in [0.15, 0.2) is 17.0 Å². The maximum atomic E-state index is 13.3. The van der Waals surface area contributed by atoms with E-state index in [4.69, 9.17) is 19.9 Å². The smallest absolute Gasteiger partial charge is 0.307 e. The molecule has 6 rings (SSSR count). The molecule has 2 heterocycles. The highest BCUT2D eigenvalue weighted by Gasteiger charge is 2.71. The number of nitrogens with two attached hydrogens (primary N) is 1. The van der Waals surface area contributed by atoms with E-state index >= 15 is 0 Å². The van der Waals surface area contributed by atoms with Crippen LogP contribution < -0.4 is 5.73 Å². The van der Waals surface area contributed by atoms with Gasteiger partial charge in [0.1, 0.15) is 5.01 Å². The second-order valence-electron chi connectivity index (χ2n) is 16.5. The van der Waals surface area contributed by atoms with Crippen molar-refractivity contribution in [2.75, 3.05) is 20.3 Å². The number of thiazole rings is 1. The predicted octanol–water partition coefficient (Wildman–Crippen LogP) is 7.09. The summed E-state index contributed by atoms with van der Waals surface area (Å²) in [7, 11) is 1.83. The fraction of sp³-hybridized carbons (Fsp3) is 0.833.